The molecule has 1 unspecified atom stereocenters. The standard InChI is InChI=1S/C28H24N4O3/c1-17-28(34)31(23-13-7-8-14-24(23)35-17)16-15-25(33)30-26-20-10-4-6-12-22(20)32-18(2)29-21-11-5-3-9-19(21)27(26)32/h3-14,17H,15-16H2,1-2H3,(H,30,33). The fourth-order valence-corrected chi connectivity index (χ4v) is 4.96. The average molecular weight is 465 g/mol. The van der Waals surface area contributed by atoms with Gasteiger partial charge in [-0.2, -0.15) is 0 Å². The van der Waals surface area contributed by atoms with Crippen LogP contribution < -0.4 is 15.0 Å². The fraction of sp³-hybridized carbons (Fsp3) is 0.179. The third-order valence-electron chi connectivity index (χ3n) is 6.54. The van der Waals surface area contributed by atoms with Gasteiger partial charge in [-0.1, -0.05) is 48.5 Å². The van der Waals surface area contributed by atoms with E-state index in [-0.39, 0.29) is 24.8 Å². The number of benzene rings is 3. The minimum atomic E-state index is -0.589. The minimum absolute atomic E-state index is 0.149. The summed E-state index contributed by atoms with van der Waals surface area (Å²) in [5.74, 6) is 1.19. The molecule has 5 aromatic rings. The summed E-state index contributed by atoms with van der Waals surface area (Å²) < 4.78 is 7.81. The molecule has 2 amide bonds. The fourth-order valence-electron chi connectivity index (χ4n) is 4.96. The number of aryl methyl sites for hydroxylation is 1. The summed E-state index contributed by atoms with van der Waals surface area (Å²) in [6, 6.07) is 23.4. The Kier molecular flexibility index (Phi) is 4.91. The average Bonchev–Trinajstić information content (AvgIpc) is 3.19. The Bertz CT molecular complexity index is 1640. The Labute approximate surface area is 201 Å². The van der Waals surface area contributed by atoms with E-state index in [1.165, 1.54) is 0 Å². The number of para-hydroxylation sites is 4. The molecule has 1 N–H and O–H groups in total. The zero-order chi connectivity index (χ0) is 24.1. The molecule has 0 saturated carbocycles. The van der Waals surface area contributed by atoms with Gasteiger partial charge in [-0.15, -0.1) is 0 Å². The van der Waals surface area contributed by atoms with E-state index in [4.69, 9.17) is 9.72 Å². The van der Waals surface area contributed by atoms with Gasteiger partial charge in [0.1, 0.15) is 11.6 Å². The quantitative estimate of drug-likeness (QED) is 0.402. The molecule has 0 radical (unpaired) electrons. The van der Waals surface area contributed by atoms with Crippen LogP contribution >= 0.6 is 0 Å². The molecule has 6 rings (SSSR count). The highest BCUT2D eigenvalue weighted by molar-refractivity contribution is 6.16. The van der Waals surface area contributed by atoms with Gasteiger partial charge in [0.25, 0.3) is 5.91 Å². The number of amides is 2. The number of carbonyl (C=O) groups is 2. The lowest BCUT2D eigenvalue weighted by Gasteiger charge is -2.32. The maximum Gasteiger partial charge on any atom is 0.267 e. The number of anilines is 2. The van der Waals surface area contributed by atoms with Crippen LogP contribution in [0.4, 0.5) is 11.4 Å². The summed E-state index contributed by atoms with van der Waals surface area (Å²) in [6.45, 7) is 3.97. The van der Waals surface area contributed by atoms with Gasteiger partial charge in [0.05, 0.1) is 27.9 Å². The lowest BCUT2D eigenvalue weighted by Crippen LogP contribution is -2.45. The van der Waals surface area contributed by atoms with Crippen molar-refractivity contribution in [3.63, 3.8) is 0 Å². The molecule has 0 saturated heterocycles. The number of hydrogen-bond acceptors (Lipinski definition) is 4. The normalized spacial score (nSPS) is 15.4. The van der Waals surface area contributed by atoms with E-state index in [0.29, 0.717) is 11.4 Å². The monoisotopic (exact) mass is 464 g/mol. The van der Waals surface area contributed by atoms with Crippen molar-refractivity contribution in [2.45, 2.75) is 26.4 Å². The predicted molar refractivity (Wildman–Crippen MR) is 137 cm³/mol. The van der Waals surface area contributed by atoms with Gasteiger partial charge in [0.15, 0.2) is 6.10 Å². The summed E-state index contributed by atoms with van der Waals surface area (Å²) in [7, 11) is 0. The summed E-state index contributed by atoms with van der Waals surface area (Å²) in [4.78, 5) is 32.5. The Balaban J connectivity index is 1.37. The van der Waals surface area contributed by atoms with Crippen molar-refractivity contribution in [2.75, 3.05) is 16.8 Å². The molecule has 0 bridgehead atoms. The van der Waals surface area contributed by atoms with Crippen molar-refractivity contribution < 1.29 is 14.3 Å². The molecule has 174 valence electrons. The SMILES string of the molecule is Cc1nc2ccccc2c2c(NC(=O)CCN3C(=O)C(C)Oc4ccccc43)c3ccccc3n12. The number of nitrogens with zero attached hydrogens (tertiary/aromatic N) is 3. The third-order valence-corrected chi connectivity index (χ3v) is 6.54. The van der Waals surface area contributed by atoms with E-state index in [1.807, 2.05) is 79.7 Å². The molecular formula is C28H24N4O3. The molecule has 35 heavy (non-hydrogen) atoms. The molecule has 7 heteroatoms. The van der Waals surface area contributed by atoms with E-state index in [1.54, 1.807) is 11.8 Å². The largest absolute Gasteiger partial charge is 0.479 e. The van der Waals surface area contributed by atoms with Crippen LogP contribution in [0.2, 0.25) is 0 Å². The van der Waals surface area contributed by atoms with Crippen LogP contribution in [-0.4, -0.2) is 33.8 Å². The van der Waals surface area contributed by atoms with Gasteiger partial charge in [0, 0.05) is 23.7 Å². The first-order valence-electron chi connectivity index (χ1n) is 11.7. The second-order valence-electron chi connectivity index (χ2n) is 8.77. The highest BCUT2D eigenvalue weighted by Gasteiger charge is 2.31. The van der Waals surface area contributed by atoms with Crippen molar-refractivity contribution in [2.24, 2.45) is 0 Å². The molecule has 3 heterocycles. The van der Waals surface area contributed by atoms with E-state index in [0.717, 1.165) is 38.8 Å². The van der Waals surface area contributed by atoms with Gasteiger partial charge in [0.2, 0.25) is 5.91 Å². The number of hydrogen-bond donors (Lipinski definition) is 1. The van der Waals surface area contributed by atoms with Crippen molar-refractivity contribution in [1.29, 1.82) is 0 Å². The zero-order valence-electron chi connectivity index (χ0n) is 19.5. The highest BCUT2D eigenvalue weighted by Crippen LogP contribution is 2.37. The van der Waals surface area contributed by atoms with Crippen molar-refractivity contribution in [3.8, 4) is 5.75 Å². The Morgan fingerprint density at radius 1 is 1.00 bits per heavy atom. The smallest absolute Gasteiger partial charge is 0.267 e. The van der Waals surface area contributed by atoms with Crippen LogP contribution in [0.25, 0.3) is 27.3 Å². The maximum absolute atomic E-state index is 13.3. The van der Waals surface area contributed by atoms with Crippen LogP contribution in [0.15, 0.2) is 72.8 Å². The molecule has 3 aromatic carbocycles. The third kappa shape index (κ3) is 3.39. The Hall–Kier alpha value is -4.39. The molecule has 2 aromatic heterocycles. The van der Waals surface area contributed by atoms with Gasteiger partial charge in [-0.05, 0) is 38.1 Å². The zero-order valence-corrected chi connectivity index (χ0v) is 19.5. The highest BCUT2D eigenvalue weighted by atomic mass is 16.5. The van der Waals surface area contributed by atoms with Crippen molar-refractivity contribution in [1.82, 2.24) is 9.38 Å². The molecule has 0 spiro atoms. The first-order valence-corrected chi connectivity index (χ1v) is 11.7. The first kappa shape index (κ1) is 21.2. The molecule has 1 atom stereocenters. The number of carbonyl (C=O) groups excluding carboxylic acids is 2. The summed E-state index contributed by atoms with van der Waals surface area (Å²) >= 11 is 0. The summed E-state index contributed by atoms with van der Waals surface area (Å²) in [5, 5.41) is 5.08. The van der Waals surface area contributed by atoms with Crippen LogP contribution in [0.5, 0.6) is 5.75 Å². The molecule has 1 aliphatic rings. The number of fused-ring (bicyclic) bond motifs is 6. The maximum atomic E-state index is 13.3. The summed E-state index contributed by atoms with van der Waals surface area (Å²) in [6.07, 6.45) is -0.436. The summed E-state index contributed by atoms with van der Waals surface area (Å²) in [5.41, 5.74) is 4.23. The minimum Gasteiger partial charge on any atom is -0.479 e. The second kappa shape index (κ2) is 8.13. The van der Waals surface area contributed by atoms with Crippen LogP contribution in [0, 0.1) is 6.92 Å². The van der Waals surface area contributed by atoms with E-state index in [2.05, 4.69) is 9.72 Å². The van der Waals surface area contributed by atoms with Gasteiger partial charge >= 0.3 is 0 Å². The van der Waals surface area contributed by atoms with Crippen LogP contribution in [-0.2, 0) is 9.59 Å². The number of aromatic nitrogens is 2. The second-order valence-corrected chi connectivity index (χ2v) is 8.77. The van der Waals surface area contributed by atoms with Crippen LogP contribution in [0.3, 0.4) is 0 Å². The number of rotatable bonds is 4. The van der Waals surface area contributed by atoms with Crippen molar-refractivity contribution in [3.05, 3.63) is 78.6 Å². The Morgan fingerprint density at radius 2 is 1.71 bits per heavy atom. The number of ether oxygens (including phenoxy) is 1. The van der Waals surface area contributed by atoms with Gasteiger partial charge in [-0.3, -0.25) is 14.0 Å². The Morgan fingerprint density at radius 3 is 2.57 bits per heavy atom. The number of nitrogens with one attached hydrogen (secondary N) is 1. The predicted octanol–water partition coefficient (Wildman–Crippen LogP) is 5.09. The molecule has 7 nitrogen and oxygen atoms in total. The molecule has 1 aliphatic heterocycles. The van der Waals surface area contributed by atoms with Gasteiger partial charge in [-0.25, -0.2) is 4.98 Å². The topological polar surface area (TPSA) is 75.9 Å². The lowest BCUT2D eigenvalue weighted by atomic mass is 10.1. The molecular weight excluding hydrogens is 440 g/mol. The molecule has 0 aliphatic carbocycles. The van der Waals surface area contributed by atoms with E-state index < -0.39 is 6.10 Å². The van der Waals surface area contributed by atoms with Crippen LogP contribution in [0.1, 0.15) is 19.2 Å². The lowest BCUT2D eigenvalue weighted by molar-refractivity contribution is -0.125. The van der Waals surface area contributed by atoms with Crippen molar-refractivity contribution >= 4 is 50.5 Å². The van der Waals surface area contributed by atoms with E-state index in [9.17, 15) is 9.59 Å². The first-order chi connectivity index (χ1) is 17.0. The van der Waals surface area contributed by atoms with Gasteiger partial charge < -0.3 is 15.0 Å². The van der Waals surface area contributed by atoms with E-state index >= 15 is 0 Å². The molecule has 0 fully saturated rings.